The van der Waals surface area contributed by atoms with Gasteiger partial charge in [-0.2, -0.15) is 0 Å². The van der Waals surface area contributed by atoms with Crippen LogP contribution in [0.4, 0.5) is 4.79 Å². The first-order valence-electron chi connectivity index (χ1n) is 3.84. The van der Waals surface area contributed by atoms with Crippen molar-refractivity contribution in [2.24, 2.45) is 5.92 Å². The van der Waals surface area contributed by atoms with Crippen LogP contribution in [0.5, 0.6) is 0 Å². The number of nitrogens with zero attached hydrogens (tertiary/aromatic N) is 1. The minimum Gasteiger partial charge on any atom is -0.465 e. The molecular weight excluding hydrogens is 142 g/mol. The van der Waals surface area contributed by atoms with E-state index in [-0.39, 0.29) is 0 Å². The predicted octanol–water partition coefficient (Wildman–Crippen LogP) is 1.56. The van der Waals surface area contributed by atoms with E-state index in [9.17, 15) is 4.79 Å². The molecule has 62 valence electrons. The van der Waals surface area contributed by atoms with Crippen molar-refractivity contribution < 1.29 is 9.90 Å². The van der Waals surface area contributed by atoms with Gasteiger partial charge in [-0.3, -0.25) is 0 Å². The molecule has 3 nitrogen and oxygen atoms in total. The molecule has 1 saturated heterocycles. The molecule has 1 aliphatic heterocycles. The summed E-state index contributed by atoms with van der Waals surface area (Å²) in [6.45, 7) is 5.01. The number of rotatable bonds is 1. The Bertz CT molecular complexity index is 159. The molecule has 0 saturated carbocycles. The summed E-state index contributed by atoms with van der Waals surface area (Å²) in [4.78, 5) is 11.9. The number of hydrogen-bond acceptors (Lipinski definition) is 1. The second kappa shape index (κ2) is 3.42. The largest absolute Gasteiger partial charge is 0.465 e. The summed E-state index contributed by atoms with van der Waals surface area (Å²) in [5, 5.41) is 8.60. The van der Waals surface area contributed by atoms with Gasteiger partial charge >= 0.3 is 6.09 Å². The molecule has 0 aromatic heterocycles. The third-order valence-electron chi connectivity index (χ3n) is 2.14. The standard InChI is InChI=1S/C8H13NO2/c1-2-7-3-5-9(6-4-7)8(10)11/h2,7H,1,3-6H2,(H,10,11). The van der Waals surface area contributed by atoms with Crippen molar-refractivity contribution in [3.63, 3.8) is 0 Å². The van der Waals surface area contributed by atoms with Crippen LogP contribution in [0, 0.1) is 5.92 Å². The van der Waals surface area contributed by atoms with Crippen LogP contribution >= 0.6 is 0 Å². The number of likely N-dealkylation sites (tertiary alicyclic amines) is 1. The van der Waals surface area contributed by atoms with Crippen LogP contribution in [0.2, 0.25) is 0 Å². The van der Waals surface area contributed by atoms with Crippen molar-refractivity contribution in [1.82, 2.24) is 4.90 Å². The van der Waals surface area contributed by atoms with E-state index in [0.29, 0.717) is 19.0 Å². The Labute approximate surface area is 66.3 Å². The molecule has 11 heavy (non-hydrogen) atoms. The summed E-state index contributed by atoms with van der Waals surface area (Å²) in [6.07, 6.45) is 2.97. The van der Waals surface area contributed by atoms with E-state index in [1.807, 2.05) is 6.08 Å². The molecular formula is C8H13NO2. The van der Waals surface area contributed by atoms with Crippen LogP contribution in [0.3, 0.4) is 0 Å². The van der Waals surface area contributed by atoms with E-state index in [4.69, 9.17) is 5.11 Å². The van der Waals surface area contributed by atoms with Gasteiger partial charge in [0, 0.05) is 13.1 Å². The molecule has 0 bridgehead atoms. The molecule has 0 aliphatic carbocycles. The number of hydrogen-bond donors (Lipinski definition) is 1. The summed E-state index contributed by atoms with van der Waals surface area (Å²) >= 11 is 0. The third-order valence-corrected chi connectivity index (χ3v) is 2.14. The molecule has 0 unspecified atom stereocenters. The Morgan fingerprint density at radius 3 is 2.45 bits per heavy atom. The molecule has 0 spiro atoms. The molecule has 3 heteroatoms. The van der Waals surface area contributed by atoms with Gasteiger partial charge in [0.25, 0.3) is 0 Å². The zero-order chi connectivity index (χ0) is 8.27. The minimum absolute atomic E-state index is 0.519. The Kier molecular flexibility index (Phi) is 2.52. The lowest BCUT2D eigenvalue weighted by molar-refractivity contribution is 0.129. The molecule has 1 N–H and O–H groups in total. The summed E-state index contributed by atoms with van der Waals surface area (Å²) < 4.78 is 0. The number of piperidine rings is 1. The van der Waals surface area contributed by atoms with Gasteiger partial charge in [0.15, 0.2) is 0 Å². The van der Waals surface area contributed by atoms with Gasteiger partial charge in [-0.1, -0.05) is 6.08 Å². The number of carbonyl (C=O) groups is 1. The zero-order valence-electron chi connectivity index (χ0n) is 6.49. The predicted molar refractivity (Wildman–Crippen MR) is 42.5 cm³/mol. The number of amides is 1. The summed E-state index contributed by atoms with van der Waals surface area (Å²) in [5.74, 6) is 0.519. The maximum atomic E-state index is 10.4. The lowest BCUT2D eigenvalue weighted by Crippen LogP contribution is -2.36. The zero-order valence-corrected chi connectivity index (χ0v) is 6.49. The van der Waals surface area contributed by atoms with Crippen molar-refractivity contribution in [2.75, 3.05) is 13.1 Å². The van der Waals surface area contributed by atoms with Crippen molar-refractivity contribution in [1.29, 1.82) is 0 Å². The summed E-state index contributed by atoms with van der Waals surface area (Å²) in [7, 11) is 0. The fourth-order valence-corrected chi connectivity index (χ4v) is 1.33. The van der Waals surface area contributed by atoms with Crippen LogP contribution in [0.1, 0.15) is 12.8 Å². The third kappa shape index (κ3) is 1.97. The Morgan fingerprint density at radius 2 is 2.09 bits per heavy atom. The smallest absolute Gasteiger partial charge is 0.407 e. The van der Waals surface area contributed by atoms with Gasteiger partial charge in [-0.15, -0.1) is 6.58 Å². The minimum atomic E-state index is -0.799. The molecule has 0 aromatic rings. The lowest BCUT2D eigenvalue weighted by Gasteiger charge is -2.27. The fraction of sp³-hybridized carbons (Fsp3) is 0.625. The quantitative estimate of drug-likeness (QED) is 0.584. The first-order valence-corrected chi connectivity index (χ1v) is 3.84. The van der Waals surface area contributed by atoms with Crippen LogP contribution in [-0.4, -0.2) is 29.2 Å². The van der Waals surface area contributed by atoms with Crippen LogP contribution < -0.4 is 0 Å². The normalized spacial score (nSPS) is 19.8. The SMILES string of the molecule is C=CC1CCN(C(=O)O)CC1. The van der Waals surface area contributed by atoms with Gasteiger partial charge in [0.2, 0.25) is 0 Å². The Balaban J connectivity index is 2.35. The van der Waals surface area contributed by atoms with E-state index < -0.39 is 6.09 Å². The highest BCUT2D eigenvalue weighted by atomic mass is 16.4. The van der Waals surface area contributed by atoms with E-state index in [1.165, 1.54) is 4.90 Å². The highest BCUT2D eigenvalue weighted by Crippen LogP contribution is 2.17. The van der Waals surface area contributed by atoms with E-state index in [1.54, 1.807) is 0 Å². The van der Waals surface area contributed by atoms with Gasteiger partial charge in [0.05, 0.1) is 0 Å². The molecule has 0 atom stereocenters. The maximum absolute atomic E-state index is 10.4. The molecule has 0 aromatic carbocycles. The summed E-state index contributed by atoms with van der Waals surface area (Å²) in [6, 6.07) is 0. The highest BCUT2D eigenvalue weighted by molar-refractivity contribution is 5.64. The molecule has 1 rings (SSSR count). The molecule has 0 radical (unpaired) electrons. The van der Waals surface area contributed by atoms with Gasteiger partial charge in [0.1, 0.15) is 0 Å². The van der Waals surface area contributed by atoms with Crippen molar-refractivity contribution in [3.05, 3.63) is 12.7 Å². The van der Waals surface area contributed by atoms with Gasteiger partial charge in [-0.05, 0) is 18.8 Å². The lowest BCUT2D eigenvalue weighted by atomic mass is 9.98. The van der Waals surface area contributed by atoms with Crippen molar-refractivity contribution in [3.8, 4) is 0 Å². The van der Waals surface area contributed by atoms with Crippen molar-refractivity contribution in [2.45, 2.75) is 12.8 Å². The monoisotopic (exact) mass is 155 g/mol. The Morgan fingerprint density at radius 1 is 1.55 bits per heavy atom. The van der Waals surface area contributed by atoms with E-state index in [2.05, 4.69) is 6.58 Å². The molecule has 1 heterocycles. The second-order valence-electron chi connectivity index (χ2n) is 2.84. The molecule has 1 fully saturated rings. The Hall–Kier alpha value is -0.990. The fourth-order valence-electron chi connectivity index (χ4n) is 1.33. The molecule has 1 amide bonds. The van der Waals surface area contributed by atoms with E-state index >= 15 is 0 Å². The average molecular weight is 155 g/mol. The number of carboxylic acid groups (broad SMARTS) is 1. The highest BCUT2D eigenvalue weighted by Gasteiger charge is 2.19. The van der Waals surface area contributed by atoms with E-state index in [0.717, 1.165) is 12.8 Å². The average Bonchev–Trinajstić information content (AvgIpc) is 2.05. The van der Waals surface area contributed by atoms with Crippen LogP contribution in [-0.2, 0) is 0 Å². The maximum Gasteiger partial charge on any atom is 0.407 e. The van der Waals surface area contributed by atoms with Gasteiger partial charge < -0.3 is 10.0 Å². The first-order chi connectivity index (χ1) is 5.24. The topological polar surface area (TPSA) is 40.5 Å². The van der Waals surface area contributed by atoms with Crippen LogP contribution in [0.25, 0.3) is 0 Å². The second-order valence-corrected chi connectivity index (χ2v) is 2.84. The van der Waals surface area contributed by atoms with Crippen LogP contribution in [0.15, 0.2) is 12.7 Å². The van der Waals surface area contributed by atoms with Gasteiger partial charge in [-0.25, -0.2) is 4.79 Å². The summed E-state index contributed by atoms with van der Waals surface area (Å²) in [5.41, 5.74) is 0. The van der Waals surface area contributed by atoms with Crippen molar-refractivity contribution >= 4 is 6.09 Å². The first kappa shape index (κ1) is 8.11. The number of allylic oxidation sites excluding steroid dienone is 1. The molecule has 1 aliphatic rings.